The van der Waals surface area contributed by atoms with Gasteiger partial charge in [-0.15, -0.1) is 12.4 Å². The van der Waals surface area contributed by atoms with Gasteiger partial charge in [0, 0.05) is 20.8 Å². The van der Waals surface area contributed by atoms with E-state index >= 15 is 0 Å². The third-order valence-corrected chi connectivity index (χ3v) is 0.963. The number of hydrogen-bond donors (Lipinski definition) is 1. The maximum atomic E-state index is 10.4. The van der Waals surface area contributed by atoms with Crippen LogP contribution in [0.2, 0.25) is 0 Å². The Kier molecular flexibility index (Phi) is 24.5. The molecular weight excluding hydrogens is 275 g/mol. The molecule has 0 heterocycles. The molecule has 0 spiro atoms. The van der Waals surface area contributed by atoms with E-state index in [0.29, 0.717) is 0 Å². The minimum Gasteiger partial charge on any atom is -0.625 e. The summed E-state index contributed by atoms with van der Waals surface area (Å²) in [5.74, 6) is -2.03. The summed E-state index contributed by atoms with van der Waals surface area (Å²) in [7, 11) is 1.34. The molecule has 0 unspecified atom stereocenters. The molecule has 0 aliphatic carbocycles. The molecule has 1 N–H and O–H groups in total. The number of carbonyl (C=O) groups is 3. The first-order valence-corrected chi connectivity index (χ1v) is 4.59. The fraction of sp³-hybridized carbons (Fsp3) is 0.625. The molecule has 0 aliphatic heterocycles. The van der Waals surface area contributed by atoms with Crippen molar-refractivity contribution in [2.24, 2.45) is 0 Å². The Morgan fingerprint density at radius 2 is 1.00 bits per heavy atom. The van der Waals surface area contributed by atoms with Crippen molar-refractivity contribution >= 4 is 37.6 Å². The van der Waals surface area contributed by atoms with E-state index in [0.717, 1.165) is 20.8 Å². The Morgan fingerprint density at radius 3 is 1.11 bits per heavy atom. The van der Waals surface area contributed by atoms with Crippen molar-refractivity contribution in [3.05, 3.63) is 0 Å². The average molecular weight is 293 g/mol. The largest absolute Gasteiger partial charge is 1.00 e. The van der Waals surface area contributed by atoms with Crippen LogP contribution in [0.5, 0.6) is 0 Å². The molecule has 0 rings (SSSR count). The van der Waals surface area contributed by atoms with E-state index < -0.39 is 25.2 Å². The minimum atomic E-state index is -2.41. The Labute approximate surface area is 135 Å². The van der Waals surface area contributed by atoms with E-state index in [1.165, 1.54) is 0 Å². The van der Waals surface area contributed by atoms with Crippen LogP contribution in [0.15, 0.2) is 0 Å². The van der Waals surface area contributed by atoms with Crippen LogP contribution in [0.25, 0.3) is 0 Å². The second kappa shape index (κ2) is 16.7. The fourth-order valence-corrected chi connectivity index (χ4v) is 0.586. The third kappa shape index (κ3) is 24.8. The molecule has 0 radical (unpaired) electrons. The Morgan fingerprint density at radius 1 is 0.833 bits per heavy atom. The summed E-state index contributed by atoms with van der Waals surface area (Å²) in [4.78, 5) is 31.3. The van der Waals surface area contributed by atoms with Gasteiger partial charge in [0.05, 0.1) is 0 Å². The molecule has 0 aliphatic rings. The molecule has 0 aromatic rings. The van der Waals surface area contributed by atoms with Crippen LogP contribution in [-0.2, 0) is 28.3 Å². The molecule has 0 saturated carbocycles. The van der Waals surface area contributed by atoms with Crippen molar-refractivity contribution in [1.82, 2.24) is 5.32 Å². The van der Waals surface area contributed by atoms with Crippen LogP contribution in [0.1, 0.15) is 20.8 Å². The zero-order valence-corrected chi connectivity index (χ0v) is 14.4. The van der Waals surface area contributed by atoms with Crippen LogP contribution in [0.3, 0.4) is 0 Å². The van der Waals surface area contributed by atoms with Gasteiger partial charge in [-0.3, -0.25) is 14.4 Å². The van der Waals surface area contributed by atoms with E-state index in [2.05, 4.69) is 19.3 Å². The topological polar surface area (TPSA) is 90.9 Å². The first-order valence-electron chi connectivity index (χ1n) is 4.59. The number of rotatable bonds is 3. The maximum Gasteiger partial charge on any atom is 1.00 e. The Hall–Kier alpha value is -0.275. The van der Waals surface area contributed by atoms with Gasteiger partial charge in [0.25, 0.3) is 17.9 Å². The smallest absolute Gasteiger partial charge is 0.625 e. The van der Waals surface area contributed by atoms with Crippen molar-refractivity contribution < 1.29 is 57.9 Å². The van der Waals surface area contributed by atoms with E-state index in [1.54, 1.807) is 0 Å². The summed E-state index contributed by atoms with van der Waals surface area (Å²) in [5, 5.41) is 2.75. The van der Waals surface area contributed by atoms with Crippen molar-refractivity contribution in [1.29, 1.82) is 0 Å². The van der Waals surface area contributed by atoms with Gasteiger partial charge in [0.2, 0.25) is 0 Å². The Balaban J connectivity index is -0.000000177. The summed E-state index contributed by atoms with van der Waals surface area (Å²) in [5.41, 5.74) is 0. The van der Waals surface area contributed by atoms with Gasteiger partial charge in [0.15, 0.2) is 0 Å². The van der Waals surface area contributed by atoms with Crippen LogP contribution >= 0.6 is 12.4 Å². The molecule has 0 saturated heterocycles. The van der Waals surface area contributed by atoms with Gasteiger partial charge in [-0.1, -0.05) is 0 Å². The predicted molar refractivity (Wildman–Crippen MR) is 64.7 cm³/mol. The number of carbonyl (C=O) groups excluding carboxylic acids is 3. The van der Waals surface area contributed by atoms with Crippen molar-refractivity contribution in [2.75, 3.05) is 14.1 Å². The molecule has 0 fully saturated rings. The minimum absolute atomic E-state index is 0. The summed E-state index contributed by atoms with van der Waals surface area (Å²) < 4.78 is 13.3. The van der Waals surface area contributed by atoms with Gasteiger partial charge >= 0.3 is 36.9 Å². The molecular formula is C8H18BClNNaO6. The maximum absolute atomic E-state index is 10.4. The fourth-order valence-electron chi connectivity index (χ4n) is 0.586. The summed E-state index contributed by atoms with van der Waals surface area (Å²) in [6.07, 6.45) is 0. The van der Waals surface area contributed by atoms with E-state index in [9.17, 15) is 14.4 Å². The molecule has 18 heavy (non-hydrogen) atoms. The molecule has 10 heteroatoms. The third-order valence-electron chi connectivity index (χ3n) is 0.963. The summed E-state index contributed by atoms with van der Waals surface area (Å²) in [6, 6.07) is 0. The standard InChI is InChI=1S/C6H10BO6.C2H7N.ClH.Na/c1-4(8)11-7(12-5(2)9)13-6(3)10;1-3-2;;/h7H,1-3H3;3H,1-2H3;1H;/q-1;;;+1. The van der Waals surface area contributed by atoms with Gasteiger partial charge in [0.1, 0.15) is 0 Å². The van der Waals surface area contributed by atoms with Gasteiger partial charge in [-0.05, 0) is 14.1 Å². The monoisotopic (exact) mass is 293 g/mol. The summed E-state index contributed by atoms with van der Waals surface area (Å²) >= 11 is 0. The number of hydrogen-bond acceptors (Lipinski definition) is 7. The Bertz CT molecular complexity index is 218. The quantitative estimate of drug-likeness (QED) is 0.544. The molecule has 0 aromatic carbocycles. The molecule has 0 atom stereocenters. The first-order chi connectivity index (χ1) is 7.33. The predicted octanol–water partition coefficient (Wildman–Crippen LogP) is -3.35. The molecule has 7 nitrogen and oxygen atoms in total. The van der Waals surface area contributed by atoms with Crippen molar-refractivity contribution in [3.8, 4) is 0 Å². The molecule has 102 valence electrons. The average Bonchev–Trinajstić information content (AvgIpc) is 2.00. The second-order valence-electron chi connectivity index (χ2n) is 2.76. The summed E-state index contributed by atoms with van der Waals surface area (Å²) in [6.45, 7) is 3.35. The molecule has 0 aromatic heterocycles. The number of halogens is 1. The van der Waals surface area contributed by atoms with E-state index in [1.807, 2.05) is 14.1 Å². The van der Waals surface area contributed by atoms with E-state index in [-0.39, 0.29) is 42.0 Å². The van der Waals surface area contributed by atoms with Gasteiger partial charge in [-0.25, -0.2) is 0 Å². The molecule has 0 bridgehead atoms. The number of nitrogens with one attached hydrogen (secondary N) is 1. The van der Waals surface area contributed by atoms with Crippen molar-refractivity contribution in [3.63, 3.8) is 0 Å². The van der Waals surface area contributed by atoms with Crippen molar-refractivity contribution in [2.45, 2.75) is 20.8 Å². The van der Waals surface area contributed by atoms with Crippen LogP contribution < -0.4 is 34.9 Å². The van der Waals surface area contributed by atoms with Crippen LogP contribution in [-0.4, -0.2) is 39.3 Å². The normalized spacial score (nSPS) is 7.67. The second-order valence-corrected chi connectivity index (χ2v) is 2.76. The zero-order valence-electron chi connectivity index (χ0n) is 11.6. The van der Waals surface area contributed by atoms with Crippen LogP contribution in [0, 0.1) is 0 Å². The van der Waals surface area contributed by atoms with Gasteiger partial charge in [-0.2, -0.15) is 0 Å². The molecule has 0 amide bonds. The zero-order chi connectivity index (χ0) is 13.1. The van der Waals surface area contributed by atoms with Gasteiger partial charge < -0.3 is 19.3 Å². The first kappa shape index (κ1) is 26.3. The van der Waals surface area contributed by atoms with Crippen LogP contribution in [0.4, 0.5) is 0 Å². The van der Waals surface area contributed by atoms with E-state index in [4.69, 9.17) is 0 Å². The SMILES string of the molecule is CC(=O)O[BH-](OC(C)=O)OC(C)=O.CNC.Cl.[Na+].